The molecule has 0 saturated carbocycles. The molecule has 0 radical (unpaired) electrons. The van der Waals surface area contributed by atoms with Crippen LogP contribution < -0.4 is 0 Å². The average molecular weight is 248 g/mol. The third-order valence-corrected chi connectivity index (χ3v) is 5.71. The van der Waals surface area contributed by atoms with E-state index in [0.29, 0.717) is 13.2 Å². The van der Waals surface area contributed by atoms with Gasteiger partial charge in [0.05, 0.1) is 13.2 Å². The van der Waals surface area contributed by atoms with Crippen LogP contribution in [0.5, 0.6) is 0 Å². The SMILES string of the molecule is CCOP(O)(OCC)=[SH]c1ccccc1. The van der Waals surface area contributed by atoms with E-state index in [1.165, 1.54) is 0 Å². The van der Waals surface area contributed by atoms with Crippen molar-refractivity contribution in [3.63, 3.8) is 0 Å². The second-order valence-electron chi connectivity index (χ2n) is 2.76. The topological polar surface area (TPSA) is 38.7 Å². The first-order valence-corrected chi connectivity index (χ1v) is 8.07. The van der Waals surface area contributed by atoms with Crippen molar-refractivity contribution in [3.05, 3.63) is 30.3 Å². The molecule has 0 heterocycles. The molecule has 0 aliphatic heterocycles. The Morgan fingerprint density at radius 3 is 2.13 bits per heavy atom. The standard InChI is InChI=1S/C10H17O3PS/c1-3-12-14(11,13-4-2)15-10-8-6-5-7-9-10/h5-9,11,15H,3-4H2,1-2H3. The Morgan fingerprint density at radius 2 is 1.67 bits per heavy atom. The maximum atomic E-state index is 10.1. The molecule has 1 aromatic rings. The molecule has 5 heteroatoms. The van der Waals surface area contributed by atoms with Gasteiger partial charge in [-0.1, -0.05) is 29.1 Å². The van der Waals surface area contributed by atoms with Gasteiger partial charge in [-0.2, -0.15) is 0 Å². The predicted molar refractivity (Wildman–Crippen MR) is 65.9 cm³/mol. The first-order chi connectivity index (χ1) is 7.20. The van der Waals surface area contributed by atoms with Crippen LogP contribution in [-0.2, 0) is 20.0 Å². The van der Waals surface area contributed by atoms with Gasteiger partial charge >= 0.3 is 0 Å². The van der Waals surface area contributed by atoms with Crippen molar-refractivity contribution >= 4 is 17.7 Å². The molecule has 0 amide bonds. The van der Waals surface area contributed by atoms with Crippen LogP contribution in [0, 0.1) is 0 Å². The van der Waals surface area contributed by atoms with Gasteiger partial charge in [0, 0.05) is 4.90 Å². The van der Waals surface area contributed by atoms with Gasteiger partial charge in [-0.25, -0.2) is 0 Å². The Bertz CT molecular complexity index is 330. The molecule has 0 saturated heterocycles. The van der Waals surface area contributed by atoms with E-state index in [-0.39, 0.29) is 0 Å². The van der Waals surface area contributed by atoms with Gasteiger partial charge in [0.15, 0.2) is 0 Å². The smallest absolute Gasteiger partial charge is 0.283 e. The van der Waals surface area contributed by atoms with Crippen molar-refractivity contribution in [2.75, 3.05) is 13.2 Å². The Hall–Kier alpha value is -0.120. The Balaban J connectivity index is 2.93. The summed E-state index contributed by atoms with van der Waals surface area (Å²) >= 11 is 0. The van der Waals surface area contributed by atoms with E-state index in [4.69, 9.17) is 9.05 Å². The van der Waals surface area contributed by atoms with Crippen LogP contribution in [0.3, 0.4) is 0 Å². The minimum atomic E-state index is -2.72. The van der Waals surface area contributed by atoms with Crippen molar-refractivity contribution < 1.29 is 13.9 Å². The molecule has 0 unspecified atom stereocenters. The molecule has 0 bridgehead atoms. The lowest BCUT2D eigenvalue weighted by molar-refractivity contribution is 0.212. The molecule has 1 rings (SSSR count). The Morgan fingerprint density at radius 1 is 1.13 bits per heavy atom. The summed E-state index contributed by atoms with van der Waals surface area (Å²) in [5.41, 5.74) is 0. The lowest BCUT2D eigenvalue weighted by Crippen LogP contribution is -1.96. The third kappa shape index (κ3) is 4.49. The maximum absolute atomic E-state index is 10.1. The Kier molecular flexibility index (Phi) is 5.58. The highest BCUT2D eigenvalue weighted by atomic mass is 32.5. The third-order valence-electron chi connectivity index (χ3n) is 1.59. The normalized spacial score (nSPS) is 11.7. The fourth-order valence-electron chi connectivity index (χ4n) is 1.07. The minimum absolute atomic E-state index is 0.462. The molecular weight excluding hydrogens is 231 g/mol. The predicted octanol–water partition coefficient (Wildman–Crippen LogP) is 2.60. The van der Waals surface area contributed by atoms with E-state index in [1.54, 1.807) is 0 Å². The summed E-state index contributed by atoms with van der Waals surface area (Å²) in [5, 5.41) is 0. The number of hydrogen-bond donors (Lipinski definition) is 2. The van der Waals surface area contributed by atoms with Crippen molar-refractivity contribution in [3.8, 4) is 0 Å². The van der Waals surface area contributed by atoms with Gasteiger partial charge in [-0.3, -0.25) is 0 Å². The summed E-state index contributed by atoms with van der Waals surface area (Å²) in [5.74, 6) is 0. The van der Waals surface area contributed by atoms with Gasteiger partial charge < -0.3 is 13.9 Å². The molecule has 0 spiro atoms. The van der Waals surface area contributed by atoms with Crippen LogP contribution in [0.15, 0.2) is 35.2 Å². The summed E-state index contributed by atoms with van der Waals surface area (Å²) < 4.78 is 10.6. The highest BCUT2D eigenvalue weighted by Gasteiger charge is 2.13. The molecule has 0 aliphatic carbocycles. The molecule has 0 aromatic heterocycles. The molecule has 86 valence electrons. The number of hydrogen-bond acceptors (Lipinski definition) is 2. The van der Waals surface area contributed by atoms with Crippen molar-refractivity contribution in [2.45, 2.75) is 18.7 Å². The fraction of sp³-hybridized carbons (Fsp3) is 0.400. The fourth-order valence-corrected chi connectivity index (χ4v) is 4.85. The van der Waals surface area contributed by atoms with E-state index >= 15 is 0 Å². The Labute approximate surface area is 94.3 Å². The summed E-state index contributed by atoms with van der Waals surface area (Å²) in [7, 11) is 0.723. The summed E-state index contributed by atoms with van der Waals surface area (Å²) in [6.07, 6.45) is 0. The van der Waals surface area contributed by atoms with E-state index in [0.717, 1.165) is 15.8 Å². The lowest BCUT2D eigenvalue weighted by Gasteiger charge is -2.17. The van der Waals surface area contributed by atoms with E-state index in [1.807, 2.05) is 44.2 Å². The minimum Gasteiger partial charge on any atom is -0.328 e. The molecule has 0 fully saturated rings. The maximum Gasteiger partial charge on any atom is 0.283 e. The van der Waals surface area contributed by atoms with Crippen LogP contribution in [0.1, 0.15) is 13.8 Å². The van der Waals surface area contributed by atoms with Crippen LogP contribution in [0.4, 0.5) is 0 Å². The second-order valence-corrected chi connectivity index (χ2v) is 7.09. The molecule has 15 heavy (non-hydrogen) atoms. The quantitative estimate of drug-likeness (QED) is 0.621. The van der Waals surface area contributed by atoms with Gasteiger partial charge in [-0.05, 0) is 26.0 Å². The highest BCUT2D eigenvalue weighted by molar-refractivity contribution is 8.17. The summed E-state index contributed by atoms with van der Waals surface area (Å²) in [6, 6.07) is 9.71. The van der Waals surface area contributed by atoms with Gasteiger partial charge in [0.2, 0.25) is 0 Å². The molecule has 0 atom stereocenters. The number of rotatable bonds is 5. The van der Waals surface area contributed by atoms with E-state index < -0.39 is 6.72 Å². The van der Waals surface area contributed by atoms with Crippen molar-refractivity contribution in [1.29, 1.82) is 0 Å². The first kappa shape index (κ1) is 12.9. The van der Waals surface area contributed by atoms with Crippen LogP contribution in [0.25, 0.3) is 0 Å². The average Bonchev–Trinajstić information content (AvgIpc) is 2.19. The summed E-state index contributed by atoms with van der Waals surface area (Å²) in [6.45, 7) is 1.91. The van der Waals surface area contributed by atoms with E-state index in [9.17, 15) is 4.89 Å². The zero-order valence-corrected chi connectivity index (χ0v) is 10.7. The van der Waals surface area contributed by atoms with Crippen LogP contribution >= 0.6 is 6.72 Å². The van der Waals surface area contributed by atoms with Crippen molar-refractivity contribution in [1.82, 2.24) is 0 Å². The largest absolute Gasteiger partial charge is 0.328 e. The van der Waals surface area contributed by atoms with E-state index in [2.05, 4.69) is 0 Å². The van der Waals surface area contributed by atoms with Gasteiger partial charge in [0.25, 0.3) is 6.72 Å². The molecular formula is C10H17O3PS. The molecule has 3 nitrogen and oxygen atoms in total. The first-order valence-electron chi connectivity index (χ1n) is 4.89. The zero-order chi connectivity index (χ0) is 11.1. The highest BCUT2D eigenvalue weighted by Crippen LogP contribution is 2.46. The summed E-state index contributed by atoms with van der Waals surface area (Å²) in [4.78, 5) is 11.1. The van der Waals surface area contributed by atoms with Gasteiger partial charge in [0.1, 0.15) is 0 Å². The second kappa shape index (κ2) is 6.46. The zero-order valence-electron chi connectivity index (χ0n) is 8.96. The van der Waals surface area contributed by atoms with Gasteiger partial charge in [-0.15, -0.1) is 0 Å². The molecule has 0 aliphatic rings. The number of thiol groups is 1. The molecule has 1 N–H and O–H groups in total. The monoisotopic (exact) mass is 248 g/mol. The number of benzene rings is 1. The van der Waals surface area contributed by atoms with Crippen molar-refractivity contribution in [2.24, 2.45) is 0 Å². The lowest BCUT2D eigenvalue weighted by atomic mass is 10.4. The molecule has 1 aromatic carbocycles. The van der Waals surface area contributed by atoms with Crippen LogP contribution in [0.2, 0.25) is 0 Å². The van der Waals surface area contributed by atoms with Crippen LogP contribution in [-0.4, -0.2) is 18.1 Å².